The first-order valence-electron chi connectivity index (χ1n) is 7.96. The van der Waals surface area contributed by atoms with Crippen LogP contribution in [-0.4, -0.2) is 72.8 Å². The SMILES string of the molecule is CSCCCC(=O)N1CCN(S(=O)(=O)c2ccc(C(=O)O)cc2)CC1. The van der Waals surface area contributed by atoms with Gasteiger partial charge in [0.05, 0.1) is 10.5 Å². The Balaban J connectivity index is 1.96. The summed E-state index contributed by atoms with van der Waals surface area (Å²) in [6, 6.07) is 5.17. The van der Waals surface area contributed by atoms with Crippen molar-refractivity contribution in [2.75, 3.05) is 38.2 Å². The number of sulfonamides is 1. The van der Waals surface area contributed by atoms with Gasteiger partial charge >= 0.3 is 5.97 Å². The van der Waals surface area contributed by atoms with Gasteiger partial charge in [0.2, 0.25) is 15.9 Å². The molecule has 0 bridgehead atoms. The van der Waals surface area contributed by atoms with Gasteiger partial charge in [0.15, 0.2) is 0 Å². The van der Waals surface area contributed by atoms with Crippen LogP contribution in [-0.2, 0) is 14.8 Å². The first-order chi connectivity index (χ1) is 11.9. The number of carboxylic acids is 1. The fourth-order valence-corrected chi connectivity index (χ4v) is 4.48. The highest BCUT2D eigenvalue weighted by atomic mass is 32.2. The Morgan fingerprint density at radius 2 is 1.72 bits per heavy atom. The number of carbonyl (C=O) groups excluding carboxylic acids is 1. The van der Waals surface area contributed by atoms with Crippen molar-refractivity contribution in [3.63, 3.8) is 0 Å². The van der Waals surface area contributed by atoms with Crippen LogP contribution in [0.5, 0.6) is 0 Å². The van der Waals surface area contributed by atoms with Gasteiger partial charge in [-0.25, -0.2) is 13.2 Å². The molecule has 0 aliphatic carbocycles. The highest BCUT2D eigenvalue weighted by Crippen LogP contribution is 2.19. The smallest absolute Gasteiger partial charge is 0.335 e. The molecule has 1 aliphatic heterocycles. The second kappa shape index (κ2) is 8.68. The fraction of sp³-hybridized carbons (Fsp3) is 0.500. The predicted molar refractivity (Wildman–Crippen MR) is 96.4 cm³/mol. The number of amides is 1. The molecule has 25 heavy (non-hydrogen) atoms. The lowest BCUT2D eigenvalue weighted by Crippen LogP contribution is -2.50. The van der Waals surface area contributed by atoms with Crippen molar-refractivity contribution in [3.05, 3.63) is 29.8 Å². The van der Waals surface area contributed by atoms with Gasteiger partial charge < -0.3 is 10.0 Å². The molecule has 1 saturated heterocycles. The van der Waals surface area contributed by atoms with Gasteiger partial charge in [0.25, 0.3) is 0 Å². The van der Waals surface area contributed by atoms with Gasteiger partial charge in [-0.15, -0.1) is 0 Å². The highest BCUT2D eigenvalue weighted by molar-refractivity contribution is 7.98. The van der Waals surface area contributed by atoms with Crippen molar-refractivity contribution in [1.29, 1.82) is 0 Å². The van der Waals surface area contributed by atoms with Crippen LogP contribution < -0.4 is 0 Å². The number of piperazine rings is 1. The summed E-state index contributed by atoms with van der Waals surface area (Å²) in [6.45, 7) is 1.25. The molecule has 1 heterocycles. The largest absolute Gasteiger partial charge is 0.478 e. The third kappa shape index (κ3) is 4.96. The first-order valence-corrected chi connectivity index (χ1v) is 10.8. The van der Waals surface area contributed by atoms with Crippen molar-refractivity contribution in [2.24, 2.45) is 0 Å². The summed E-state index contributed by atoms with van der Waals surface area (Å²) in [4.78, 5) is 24.7. The molecule has 1 N–H and O–H groups in total. The lowest BCUT2D eigenvalue weighted by atomic mass is 10.2. The average molecular weight is 386 g/mol. The maximum Gasteiger partial charge on any atom is 0.335 e. The van der Waals surface area contributed by atoms with E-state index in [1.807, 2.05) is 6.26 Å². The van der Waals surface area contributed by atoms with E-state index in [9.17, 15) is 18.0 Å². The van der Waals surface area contributed by atoms with Gasteiger partial charge in [0, 0.05) is 32.6 Å². The number of benzene rings is 1. The van der Waals surface area contributed by atoms with Crippen molar-refractivity contribution in [2.45, 2.75) is 17.7 Å². The molecule has 1 fully saturated rings. The molecule has 1 aliphatic rings. The van der Waals surface area contributed by atoms with Crippen LogP contribution in [0, 0.1) is 0 Å². The number of nitrogens with zero attached hydrogens (tertiary/aromatic N) is 2. The van der Waals surface area contributed by atoms with E-state index >= 15 is 0 Å². The average Bonchev–Trinajstić information content (AvgIpc) is 2.62. The molecule has 1 aromatic rings. The highest BCUT2D eigenvalue weighted by Gasteiger charge is 2.29. The standard InChI is InChI=1S/C16H22N2O5S2/c1-24-12-2-3-15(19)17-8-10-18(11-9-17)25(22,23)14-6-4-13(5-7-14)16(20)21/h4-7H,2-3,8-12H2,1H3,(H,20,21). The van der Waals surface area contributed by atoms with Crippen LogP contribution in [0.1, 0.15) is 23.2 Å². The number of hydrogen-bond donors (Lipinski definition) is 1. The first kappa shape index (κ1) is 19.7. The van der Waals surface area contributed by atoms with E-state index in [2.05, 4.69) is 0 Å². The Labute approximate surface area is 152 Å². The number of rotatable bonds is 7. The lowest BCUT2D eigenvalue weighted by Gasteiger charge is -2.34. The maximum atomic E-state index is 12.6. The van der Waals surface area contributed by atoms with Crippen LogP contribution in [0.2, 0.25) is 0 Å². The summed E-state index contributed by atoms with van der Waals surface area (Å²) >= 11 is 1.70. The van der Waals surface area contributed by atoms with E-state index in [1.54, 1.807) is 16.7 Å². The number of aromatic carboxylic acids is 1. The van der Waals surface area contributed by atoms with Crippen LogP contribution in [0.4, 0.5) is 0 Å². The van der Waals surface area contributed by atoms with E-state index in [0.717, 1.165) is 12.2 Å². The minimum Gasteiger partial charge on any atom is -0.478 e. The van der Waals surface area contributed by atoms with Gasteiger partial charge in [0.1, 0.15) is 0 Å². The van der Waals surface area contributed by atoms with Crippen LogP contribution >= 0.6 is 11.8 Å². The van der Waals surface area contributed by atoms with Crippen molar-refractivity contribution < 1.29 is 23.1 Å². The number of thioether (sulfide) groups is 1. The summed E-state index contributed by atoms with van der Waals surface area (Å²) in [7, 11) is -3.68. The summed E-state index contributed by atoms with van der Waals surface area (Å²) < 4.78 is 26.6. The quantitative estimate of drug-likeness (QED) is 0.711. The van der Waals surface area contributed by atoms with Crippen LogP contribution in [0.3, 0.4) is 0 Å². The molecule has 0 atom stereocenters. The Hall–Kier alpha value is -1.58. The normalized spacial score (nSPS) is 16.0. The van der Waals surface area contributed by atoms with Gasteiger partial charge in [-0.3, -0.25) is 4.79 Å². The lowest BCUT2D eigenvalue weighted by molar-refractivity contribution is -0.132. The molecule has 7 nitrogen and oxygen atoms in total. The zero-order valence-corrected chi connectivity index (χ0v) is 15.7. The molecule has 1 amide bonds. The minimum atomic E-state index is -3.68. The third-order valence-corrected chi connectivity index (χ3v) is 6.68. The van der Waals surface area contributed by atoms with Gasteiger partial charge in [-0.05, 0) is 42.7 Å². The Morgan fingerprint density at radius 1 is 1.12 bits per heavy atom. The Morgan fingerprint density at radius 3 is 2.24 bits per heavy atom. The summed E-state index contributed by atoms with van der Waals surface area (Å²) in [5.74, 6) is -0.0960. The number of hydrogen-bond acceptors (Lipinski definition) is 5. The fourth-order valence-electron chi connectivity index (χ4n) is 2.62. The third-order valence-electron chi connectivity index (χ3n) is 4.07. The van der Waals surface area contributed by atoms with Crippen molar-refractivity contribution >= 4 is 33.7 Å². The molecule has 9 heteroatoms. The second-order valence-corrected chi connectivity index (χ2v) is 8.63. The molecule has 138 valence electrons. The summed E-state index contributed by atoms with van der Waals surface area (Å²) in [5.41, 5.74) is 0.0413. The molecule has 0 radical (unpaired) electrons. The molecular formula is C16H22N2O5S2. The number of carboxylic acid groups (broad SMARTS) is 1. The van der Waals surface area contributed by atoms with E-state index in [1.165, 1.54) is 28.6 Å². The van der Waals surface area contributed by atoms with E-state index in [4.69, 9.17) is 5.11 Å². The Bertz CT molecular complexity index is 711. The monoisotopic (exact) mass is 386 g/mol. The van der Waals surface area contributed by atoms with Crippen LogP contribution in [0.15, 0.2) is 29.2 Å². The molecular weight excluding hydrogens is 364 g/mol. The maximum absolute atomic E-state index is 12.6. The van der Waals surface area contributed by atoms with Crippen molar-refractivity contribution in [1.82, 2.24) is 9.21 Å². The predicted octanol–water partition coefficient (Wildman–Crippen LogP) is 1.36. The van der Waals surface area contributed by atoms with Crippen molar-refractivity contribution in [3.8, 4) is 0 Å². The summed E-state index contributed by atoms with van der Waals surface area (Å²) in [6.07, 6.45) is 3.32. The van der Waals surface area contributed by atoms with E-state index in [0.29, 0.717) is 19.5 Å². The minimum absolute atomic E-state index is 0.0413. The molecule has 0 spiro atoms. The molecule has 0 unspecified atom stereocenters. The number of carbonyl (C=O) groups is 2. The van der Waals surface area contributed by atoms with Gasteiger partial charge in [-0.1, -0.05) is 0 Å². The Kier molecular flexibility index (Phi) is 6.86. The van der Waals surface area contributed by atoms with Gasteiger partial charge in [-0.2, -0.15) is 16.1 Å². The molecule has 0 saturated carbocycles. The van der Waals surface area contributed by atoms with Crippen LogP contribution in [0.25, 0.3) is 0 Å². The molecule has 1 aromatic carbocycles. The van der Waals surface area contributed by atoms with E-state index < -0.39 is 16.0 Å². The molecule has 0 aromatic heterocycles. The second-order valence-electron chi connectivity index (χ2n) is 5.71. The summed E-state index contributed by atoms with van der Waals surface area (Å²) in [5, 5.41) is 8.89. The zero-order valence-electron chi connectivity index (χ0n) is 14.1. The van der Waals surface area contributed by atoms with E-state index in [-0.39, 0.29) is 29.5 Å². The zero-order chi connectivity index (χ0) is 18.4. The topological polar surface area (TPSA) is 95.0 Å². The molecule has 2 rings (SSSR count).